The van der Waals surface area contributed by atoms with Crippen molar-refractivity contribution in [1.29, 1.82) is 0 Å². The molecule has 94 valence electrons. The Balaban J connectivity index is 2.45. The first-order chi connectivity index (χ1) is 7.77. The molecule has 3 heteroatoms. The molecule has 0 aromatic heterocycles. The van der Waals surface area contributed by atoms with Gasteiger partial charge in [-0.2, -0.15) is 0 Å². The molecule has 0 N–H and O–H groups in total. The summed E-state index contributed by atoms with van der Waals surface area (Å²) in [4.78, 5) is 0. The van der Waals surface area contributed by atoms with Crippen LogP contribution in [0.1, 0.15) is 46.0 Å². The second-order valence-electron chi connectivity index (χ2n) is 4.34. The molecule has 0 bridgehead atoms. The lowest BCUT2D eigenvalue weighted by Crippen LogP contribution is -2.29. The quantitative estimate of drug-likeness (QED) is 0.532. The average Bonchev–Trinajstić information content (AvgIpc) is 2.30. The van der Waals surface area contributed by atoms with Gasteiger partial charge in [0.05, 0.1) is 6.10 Å². The highest BCUT2D eigenvalue weighted by atomic mass is 127. The van der Waals surface area contributed by atoms with Gasteiger partial charge in [-0.15, -0.1) is 0 Å². The van der Waals surface area contributed by atoms with Gasteiger partial charge >= 0.3 is 0 Å². The standard InChI is InChI=1S/C13H23IO2/c1-3-15-11(2)16-13(9-10-14)12-7-5-4-6-8-12/h9-13H,3-8H2,1-2H3/b10-9+. The van der Waals surface area contributed by atoms with Crippen molar-refractivity contribution in [3.05, 3.63) is 10.2 Å². The zero-order valence-electron chi connectivity index (χ0n) is 10.3. The van der Waals surface area contributed by atoms with Crippen molar-refractivity contribution in [3.8, 4) is 0 Å². The lowest BCUT2D eigenvalue weighted by molar-refractivity contribution is -0.159. The van der Waals surface area contributed by atoms with E-state index in [-0.39, 0.29) is 12.4 Å². The minimum Gasteiger partial charge on any atom is -0.353 e. The summed E-state index contributed by atoms with van der Waals surface area (Å²) in [6.45, 7) is 4.70. The van der Waals surface area contributed by atoms with Crippen LogP contribution in [0.15, 0.2) is 10.2 Å². The van der Waals surface area contributed by atoms with E-state index in [9.17, 15) is 0 Å². The Morgan fingerprint density at radius 1 is 1.31 bits per heavy atom. The Bertz CT molecular complexity index is 200. The largest absolute Gasteiger partial charge is 0.353 e. The van der Waals surface area contributed by atoms with Gasteiger partial charge in [0.25, 0.3) is 0 Å². The maximum atomic E-state index is 5.96. The van der Waals surface area contributed by atoms with E-state index in [4.69, 9.17) is 9.47 Å². The van der Waals surface area contributed by atoms with Crippen LogP contribution in [0.2, 0.25) is 0 Å². The van der Waals surface area contributed by atoms with E-state index in [1.807, 2.05) is 13.8 Å². The zero-order chi connectivity index (χ0) is 11.8. The SMILES string of the molecule is CCOC(C)OC(/C=C/I)C1CCCCC1. The Morgan fingerprint density at radius 3 is 2.56 bits per heavy atom. The van der Waals surface area contributed by atoms with Crippen molar-refractivity contribution in [2.75, 3.05) is 6.61 Å². The van der Waals surface area contributed by atoms with E-state index in [0.717, 1.165) is 0 Å². The fourth-order valence-electron chi connectivity index (χ4n) is 2.34. The van der Waals surface area contributed by atoms with Gasteiger partial charge in [-0.25, -0.2) is 0 Å². The molecule has 0 spiro atoms. The molecule has 16 heavy (non-hydrogen) atoms. The predicted octanol–water partition coefficient (Wildman–Crippen LogP) is 4.28. The molecule has 1 aliphatic rings. The molecule has 0 saturated heterocycles. The predicted molar refractivity (Wildman–Crippen MR) is 75.7 cm³/mol. The molecule has 2 atom stereocenters. The van der Waals surface area contributed by atoms with Gasteiger partial charge in [-0.3, -0.25) is 0 Å². The number of hydrogen-bond acceptors (Lipinski definition) is 2. The maximum Gasteiger partial charge on any atom is 0.155 e. The van der Waals surface area contributed by atoms with E-state index in [0.29, 0.717) is 12.5 Å². The minimum absolute atomic E-state index is 0.0930. The van der Waals surface area contributed by atoms with Gasteiger partial charge in [-0.1, -0.05) is 41.9 Å². The van der Waals surface area contributed by atoms with Gasteiger partial charge < -0.3 is 9.47 Å². The summed E-state index contributed by atoms with van der Waals surface area (Å²) in [7, 11) is 0. The first kappa shape index (κ1) is 14.5. The van der Waals surface area contributed by atoms with Crippen LogP contribution >= 0.6 is 22.6 Å². The first-order valence-electron chi connectivity index (χ1n) is 6.31. The Morgan fingerprint density at radius 2 is 2.00 bits per heavy atom. The molecule has 1 saturated carbocycles. The van der Waals surface area contributed by atoms with Crippen molar-refractivity contribution < 1.29 is 9.47 Å². The van der Waals surface area contributed by atoms with E-state index in [1.165, 1.54) is 32.1 Å². The summed E-state index contributed by atoms with van der Waals surface area (Å²) in [5.41, 5.74) is 0. The van der Waals surface area contributed by atoms with E-state index in [1.54, 1.807) is 0 Å². The highest BCUT2D eigenvalue weighted by Gasteiger charge is 2.23. The number of hydrogen-bond donors (Lipinski definition) is 0. The van der Waals surface area contributed by atoms with E-state index < -0.39 is 0 Å². The lowest BCUT2D eigenvalue weighted by atomic mass is 9.85. The summed E-state index contributed by atoms with van der Waals surface area (Å²) in [6, 6.07) is 0. The smallest absolute Gasteiger partial charge is 0.155 e. The first-order valence-corrected chi connectivity index (χ1v) is 7.56. The zero-order valence-corrected chi connectivity index (χ0v) is 12.5. The van der Waals surface area contributed by atoms with Crippen LogP contribution < -0.4 is 0 Å². The number of halogens is 1. The highest BCUT2D eigenvalue weighted by molar-refractivity contribution is 14.1. The van der Waals surface area contributed by atoms with Crippen molar-refractivity contribution in [2.24, 2.45) is 5.92 Å². The molecular formula is C13H23IO2. The molecular weight excluding hydrogens is 315 g/mol. The normalized spacial score (nSPS) is 22.4. The van der Waals surface area contributed by atoms with Crippen molar-refractivity contribution in [1.82, 2.24) is 0 Å². The molecule has 1 rings (SSSR count). The van der Waals surface area contributed by atoms with Crippen LogP contribution in [0.4, 0.5) is 0 Å². The van der Waals surface area contributed by atoms with Crippen LogP contribution in [0.5, 0.6) is 0 Å². The fraction of sp³-hybridized carbons (Fsp3) is 0.846. The number of ether oxygens (including phenoxy) is 2. The fourth-order valence-corrected chi connectivity index (χ4v) is 2.75. The van der Waals surface area contributed by atoms with Crippen molar-refractivity contribution in [2.45, 2.75) is 58.3 Å². The number of rotatable bonds is 6. The monoisotopic (exact) mass is 338 g/mol. The summed E-state index contributed by atoms with van der Waals surface area (Å²) < 4.78 is 13.5. The van der Waals surface area contributed by atoms with Crippen molar-refractivity contribution in [3.63, 3.8) is 0 Å². The maximum absolute atomic E-state index is 5.96. The molecule has 0 aromatic rings. The van der Waals surface area contributed by atoms with Gasteiger partial charge in [0.15, 0.2) is 6.29 Å². The molecule has 0 aromatic carbocycles. The van der Waals surface area contributed by atoms with E-state index >= 15 is 0 Å². The molecule has 0 amide bonds. The lowest BCUT2D eigenvalue weighted by Gasteiger charge is -2.30. The van der Waals surface area contributed by atoms with E-state index in [2.05, 4.69) is 32.7 Å². The topological polar surface area (TPSA) is 18.5 Å². The van der Waals surface area contributed by atoms with Crippen LogP contribution in [0.25, 0.3) is 0 Å². The van der Waals surface area contributed by atoms with Gasteiger partial charge in [-0.05, 0) is 42.8 Å². The van der Waals surface area contributed by atoms with Gasteiger partial charge in [0.1, 0.15) is 0 Å². The average molecular weight is 338 g/mol. The molecule has 0 heterocycles. The Kier molecular flexibility index (Phi) is 7.66. The summed E-state index contributed by atoms with van der Waals surface area (Å²) in [6.07, 6.45) is 8.99. The van der Waals surface area contributed by atoms with Gasteiger partial charge in [0.2, 0.25) is 0 Å². The summed E-state index contributed by atoms with van der Waals surface area (Å²) in [5.74, 6) is 0.683. The summed E-state index contributed by atoms with van der Waals surface area (Å²) in [5, 5.41) is 0. The van der Waals surface area contributed by atoms with Crippen molar-refractivity contribution >= 4 is 22.6 Å². The van der Waals surface area contributed by atoms with Gasteiger partial charge in [0, 0.05) is 6.61 Å². The Labute approximate surface area is 113 Å². The third kappa shape index (κ3) is 5.15. The minimum atomic E-state index is -0.0930. The second-order valence-corrected chi connectivity index (χ2v) is 5.06. The van der Waals surface area contributed by atoms with Crippen LogP contribution in [-0.2, 0) is 9.47 Å². The molecule has 2 unspecified atom stereocenters. The summed E-state index contributed by atoms with van der Waals surface area (Å²) >= 11 is 2.27. The van der Waals surface area contributed by atoms with Crippen LogP contribution in [-0.4, -0.2) is 19.0 Å². The molecule has 2 nitrogen and oxygen atoms in total. The molecule has 0 aliphatic heterocycles. The Hall–Kier alpha value is 0.390. The second kappa shape index (κ2) is 8.48. The van der Waals surface area contributed by atoms with Crippen LogP contribution in [0.3, 0.4) is 0 Å². The molecule has 1 fully saturated rings. The molecule has 0 radical (unpaired) electrons. The third-order valence-electron chi connectivity index (χ3n) is 3.13. The third-order valence-corrected chi connectivity index (χ3v) is 3.54. The van der Waals surface area contributed by atoms with Crippen LogP contribution in [0, 0.1) is 5.92 Å². The molecule has 1 aliphatic carbocycles. The highest BCUT2D eigenvalue weighted by Crippen LogP contribution is 2.29.